The fourth-order valence-electron chi connectivity index (χ4n) is 4.10. The van der Waals surface area contributed by atoms with Gasteiger partial charge in [-0.05, 0) is 69.9 Å². The molecule has 2 unspecified atom stereocenters. The van der Waals surface area contributed by atoms with E-state index >= 15 is 0 Å². The molecular weight excluding hydrogens is 260 g/mol. The lowest BCUT2D eigenvalue weighted by Crippen LogP contribution is -2.46. The summed E-state index contributed by atoms with van der Waals surface area (Å²) >= 11 is 0. The highest BCUT2D eigenvalue weighted by molar-refractivity contribution is 4.92. The van der Waals surface area contributed by atoms with E-state index in [9.17, 15) is 0 Å². The quantitative estimate of drug-likeness (QED) is 0.608. The van der Waals surface area contributed by atoms with Crippen LogP contribution < -0.4 is 5.32 Å². The SMILES string of the molecule is CC1CCCC(CNC2CC2)(CN(C)CCCCCO)C1. The molecule has 0 heterocycles. The van der Waals surface area contributed by atoms with Crippen LogP contribution in [0.4, 0.5) is 0 Å². The van der Waals surface area contributed by atoms with Crippen molar-refractivity contribution in [2.75, 3.05) is 33.3 Å². The number of aliphatic hydroxyl groups excluding tert-OH is 1. The molecule has 2 fully saturated rings. The fourth-order valence-corrected chi connectivity index (χ4v) is 4.10. The topological polar surface area (TPSA) is 35.5 Å². The summed E-state index contributed by atoms with van der Waals surface area (Å²) in [6, 6.07) is 0.828. The number of aliphatic hydroxyl groups is 1. The van der Waals surface area contributed by atoms with E-state index in [1.165, 1.54) is 64.6 Å². The normalized spacial score (nSPS) is 30.0. The Morgan fingerprint density at radius 3 is 2.67 bits per heavy atom. The molecule has 2 atom stereocenters. The van der Waals surface area contributed by atoms with E-state index in [1.54, 1.807) is 0 Å². The highest BCUT2D eigenvalue weighted by atomic mass is 16.2. The molecule has 2 rings (SSSR count). The van der Waals surface area contributed by atoms with Crippen molar-refractivity contribution in [2.45, 2.75) is 70.8 Å². The van der Waals surface area contributed by atoms with E-state index in [-0.39, 0.29) is 0 Å². The second kappa shape index (κ2) is 8.50. The number of nitrogens with one attached hydrogen (secondary N) is 1. The molecular formula is C18H36N2O. The molecule has 2 saturated carbocycles. The zero-order valence-electron chi connectivity index (χ0n) is 14.2. The van der Waals surface area contributed by atoms with Crippen LogP contribution in [0.2, 0.25) is 0 Å². The zero-order valence-corrected chi connectivity index (χ0v) is 14.2. The Kier molecular flexibility index (Phi) is 6.97. The van der Waals surface area contributed by atoms with Crippen LogP contribution >= 0.6 is 0 Å². The maximum absolute atomic E-state index is 8.87. The molecule has 0 spiro atoms. The predicted octanol–water partition coefficient (Wildman–Crippen LogP) is 3.03. The van der Waals surface area contributed by atoms with Crippen molar-refractivity contribution < 1.29 is 5.11 Å². The second-order valence-electron chi connectivity index (χ2n) is 7.88. The Bertz CT molecular complexity index is 293. The molecule has 0 radical (unpaired) electrons. The van der Waals surface area contributed by atoms with Crippen molar-refractivity contribution in [3.05, 3.63) is 0 Å². The zero-order chi connectivity index (χ0) is 15.1. The average Bonchev–Trinajstić information content (AvgIpc) is 3.26. The first-order chi connectivity index (χ1) is 10.1. The molecule has 0 aromatic rings. The van der Waals surface area contributed by atoms with Gasteiger partial charge in [0, 0.05) is 25.7 Å². The maximum atomic E-state index is 8.87. The van der Waals surface area contributed by atoms with E-state index < -0.39 is 0 Å². The standard InChI is InChI=1S/C18H36N2O/c1-16-7-6-10-18(13-16,14-19-17-8-9-17)15-20(2)11-4-3-5-12-21/h16-17,19,21H,3-15H2,1-2H3. The summed E-state index contributed by atoms with van der Waals surface area (Å²) in [6.07, 6.45) is 11.7. The molecule has 0 aromatic heterocycles. The molecule has 2 aliphatic carbocycles. The Hall–Kier alpha value is -0.120. The molecule has 3 nitrogen and oxygen atoms in total. The summed E-state index contributed by atoms with van der Waals surface area (Å²) in [6.45, 7) is 6.43. The molecule has 0 aliphatic heterocycles. The van der Waals surface area contributed by atoms with E-state index in [1.807, 2.05) is 0 Å². The third-order valence-corrected chi connectivity index (χ3v) is 5.33. The third-order valence-electron chi connectivity index (χ3n) is 5.33. The molecule has 21 heavy (non-hydrogen) atoms. The highest BCUT2D eigenvalue weighted by Gasteiger charge is 2.37. The summed E-state index contributed by atoms with van der Waals surface area (Å²) in [5.41, 5.74) is 0.506. The van der Waals surface area contributed by atoms with E-state index in [4.69, 9.17) is 5.11 Å². The monoisotopic (exact) mass is 296 g/mol. The van der Waals surface area contributed by atoms with Gasteiger partial charge in [-0.25, -0.2) is 0 Å². The third kappa shape index (κ3) is 6.25. The summed E-state index contributed by atoms with van der Waals surface area (Å²) in [4.78, 5) is 2.55. The summed E-state index contributed by atoms with van der Waals surface area (Å²) in [7, 11) is 2.29. The Morgan fingerprint density at radius 2 is 2.00 bits per heavy atom. The van der Waals surface area contributed by atoms with Crippen LogP contribution in [-0.2, 0) is 0 Å². The lowest BCUT2D eigenvalue weighted by atomic mass is 9.69. The predicted molar refractivity (Wildman–Crippen MR) is 89.5 cm³/mol. The minimum absolute atomic E-state index is 0.344. The number of unbranched alkanes of at least 4 members (excludes halogenated alkanes) is 2. The van der Waals surface area contributed by atoms with Gasteiger partial charge in [0.25, 0.3) is 0 Å². The van der Waals surface area contributed by atoms with Gasteiger partial charge >= 0.3 is 0 Å². The van der Waals surface area contributed by atoms with Gasteiger partial charge in [-0.1, -0.05) is 19.8 Å². The second-order valence-corrected chi connectivity index (χ2v) is 7.88. The lowest BCUT2D eigenvalue weighted by Gasteiger charge is -2.43. The van der Waals surface area contributed by atoms with Gasteiger partial charge in [0.1, 0.15) is 0 Å². The highest BCUT2D eigenvalue weighted by Crippen LogP contribution is 2.40. The smallest absolute Gasteiger partial charge is 0.0431 e. The van der Waals surface area contributed by atoms with Crippen LogP contribution in [0.15, 0.2) is 0 Å². The van der Waals surface area contributed by atoms with Crippen LogP contribution in [0.3, 0.4) is 0 Å². The van der Waals surface area contributed by atoms with Gasteiger partial charge in [-0.2, -0.15) is 0 Å². The molecule has 2 aliphatic rings. The number of rotatable bonds is 10. The van der Waals surface area contributed by atoms with Crippen molar-refractivity contribution in [2.24, 2.45) is 11.3 Å². The Labute approximate surface area is 131 Å². The van der Waals surface area contributed by atoms with Crippen molar-refractivity contribution in [3.63, 3.8) is 0 Å². The first-order valence-corrected chi connectivity index (χ1v) is 9.16. The van der Waals surface area contributed by atoms with Gasteiger partial charge in [0.15, 0.2) is 0 Å². The van der Waals surface area contributed by atoms with Crippen LogP contribution in [0, 0.1) is 11.3 Å². The minimum Gasteiger partial charge on any atom is -0.396 e. The van der Waals surface area contributed by atoms with Gasteiger partial charge in [-0.15, -0.1) is 0 Å². The maximum Gasteiger partial charge on any atom is 0.0431 e. The van der Waals surface area contributed by atoms with E-state index in [2.05, 4.69) is 24.2 Å². The summed E-state index contributed by atoms with van der Waals surface area (Å²) in [5, 5.41) is 12.7. The molecule has 0 saturated heterocycles. The number of hydrogen-bond acceptors (Lipinski definition) is 3. The summed E-state index contributed by atoms with van der Waals surface area (Å²) < 4.78 is 0. The van der Waals surface area contributed by atoms with Crippen molar-refractivity contribution in [1.29, 1.82) is 0 Å². The van der Waals surface area contributed by atoms with Gasteiger partial charge in [0.05, 0.1) is 0 Å². The van der Waals surface area contributed by atoms with E-state index in [0.29, 0.717) is 12.0 Å². The van der Waals surface area contributed by atoms with Crippen LogP contribution in [0.5, 0.6) is 0 Å². The van der Waals surface area contributed by atoms with Crippen molar-refractivity contribution in [1.82, 2.24) is 10.2 Å². The van der Waals surface area contributed by atoms with Gasteiger partial charge in [0.2, 0.25) is 0 Å². The van der Waals surface area contributed by atoms with Crippen LogP contribution in [-0.4, -0.2) is 49.3 Å². The van der Waals surface area contributed by atoms with E-state index in [0.717, 1.165) is 24.8 Å². The number of hydrogen-bond donors (Lipinski definition) is 2. The minimum atomic E-state index is 0.344. The van der Waals surface area contributed by atoms with Crippen LogP contribution in [0.1, 0.15) is 64.7 Å². The largest absolute Gasteiger partial charge is 0.396 e. The van der Waals surface area contributed by atoms with Gasteiger partial charge in [-0.3, -0.25) is 0 Å². The molecule has 0 amide bonds. The Morgan fingerprint density at radius 1 is 1.19 bits per heavy atom. The molecule has 124 valence electrons. The van der Waals surface area contributed by atoms with Gasteiger partial charge < -0.3 is 15.3 Å². The van der Waals surface area contributed by atoms with Crippen molar-refractivity contribution >= 4 is 0 Å². The molecule has 0 bridgehead atoms. The first kappa shape index (κ1) is 17.2. The Balaban J connectivity index is 1.79. The lowest BCUT2D eigenvalue weighted by molar-refractivity contribution is 0.0904. The fraction of sp³-hybridized carbons (Fsp3) is 1.00. The molecule has 2 N–H and O–H groups in total. The molecule has 0 aromatic carbocycles. The average molecular weight is 296 g/mol. The summed E-state index contributed by atoms with van der Waals surface area (Å²) in [5.74, 6) is 0.891. The first-order valence-electron chi connectivity index (χ1n) is 9.16. The van der Waals surface area contributed by atoms with Crippen molar-refractivity contribution in [3.8, 4) is 0 Å². The number of nitrogens with zero attached hydrogens (tertiary/aromatic N) is 1. The molecule has 3 heteroatoms. The van der Waals surface area contributed by atoms with Crippen LogP contribution in [0.25, 0.3) is 0 Å².